The first-order valence-corrected chi connectivity index (χ1v) is 2.80. The summed E-state index contributed by atoms with van der Waals surface area (Å²) < 4.78 is 0.407. The van der Waals surface area contributed by atoms with Crippen molar-refractivity contribution in [2.45, 2.75) is 0 Å². The first kappa shape index (κ1) is 6.95. The van der Waals surface area contributed by atoms with Crippen LogP contribution in [0.1, 0.15) is 10.5 Å². The van der Waals surface area contributed by atoms with Crippen molar-refractivity contribution >= 4 is 17.6 Å². The standard InChI is InChI=1S/C5H4ClNO3/c6-4-2-1-3(5(8)9)7(4)10/h1-2,10H,(H,8,9). The van der Waals surface area contributed by atoms with Gasteiger partial charge in [-0.05, 0) is 12.1 Å². The van der Waals surface area contributed by atoms with Crippen LogP contribution in [-0.4, -0.2) is 21.0 Å². The van der Waals surface area contributed by atoms with E-state index in [-0.39, 0.29) is 10.8 Å². The van der Waals surface area contributed by atoms with E-state index in [1.165, 1.54) is 12.1 Å². The molecule has 0 aliphatic heterocycles. The van der Waals surface area contributed by atoms with E-state index < -0.39 is 5.97 Å². The Morgan fingerprint density at radius 3 is 2.40 bits per heavy atom. The van der Waals surface area contributed by atoms with E-state index >= 15 is 0 Å². The van der Waals surface area contributed by atoms with E-state index in [2.05, 4.69) is 0 Å². The Hall–Kier alpha value is -1.16. The van der Waals surface area contributed by atoms with Crippen LogP contribution in [0.3, 0.4) is 0 Å². The van der Waals surface area contributed by atoms with Gasteiger partial charge in [0.15, 0.2) is 5.69 Å². The monoisotopic (exact) mass is 161 g/mol. The molecule has 0 atom stereocenters. The fourth-order valence-corrected chi connectivity index (χ4v) is 0.720. The molecule has 0 aliphatic rings. The van der Waals surface area contributed by atoms with Crippen LogP contribution >= 0.6 is 11.6 Å². The third-order valence-corrected chi connectivity index (χ3v) is 1.31. The van der Waals surface area contributed by atoms with Crippen molar-refractivity contribution in [3.05, 3.63) is 23.0 Å². The molecule has 4 nitrogen and oxygen atoms in total. The zero-order valence-corrected chi connectivity index (χ0v) is 5.54. The highest BCUT2D eigenvalue weighted by Gasteiger charge is 2.10. The molecule has 0 bridgehead atoms. The van der Waals surface area contributed by atoms with E-state index in [9.17, 15) is 4.79 Å². The number of carboxylic acids is 1. The van der Waals surface area contributed by atoms with Crippen molar-refractivity contribution in [1.29, 1.82) is 0 Å². The topological polar surface area (TPSA) is 62.5 Å². The Morgan fingerprint density at radius 2 is 2.20 bits per heavy atom. The number of aromatic carboxylic acids is 1. The van der Waals surface area contributed by atoms with Gasteiger partial charge in [-0.3, -0.25) is 0 Å². The molecule has 2 N–H and O–H groups in total. The highest BCUT2D eigenvalue weighted by molar-refractivity contribution is 6.29. The number of aromatic nitrogens is 1. The van der Waals surface area contributed by atoms with E-state index in [4.69, 9.17) is 21.9 Å². The minimum atomic E-state index is -1.21. The minimum absolute atomic E-state index is 0.0163. The number of carbonyl (C=O) groups is 1. The summed E-state index contributed by atoms with van der Waals surface area (Å²) in [6, 6.07) is 2.51. The molecule has 0 saturated heterocycles. The van der Waals surface area contributed by atoms with Crippen molar-refractivity contribution in [2.75, 3.05) is 0 Å². The highest BCUT2D eigenvalue weighted by atomic mass is 35.5. The summed E-state index contributed by atoms with van der Waals surface area (Å²) in [5, 5.41) is 17.1. The number of halogens is 1. The number of hydrogen-bond donors (Lipinski definition) is 2. The predicted octanol–water partition coefficient (Wildman–Crippen LogP) is 1.08. The van der Waals surface area contributed by atoms with E-state index in [1.807, 2.05) is 0 Å². The Kier molecular flexibility index (Phi) is 1.55. The van der Waals surface area contributed by atoms with E-state index in [0.717, 1.165) is 0 Å². The van der Waals surface area contributed by atoms with Gasteiger partial charge in [-0.25, -0.2) is 4.79 Å². The average Bonchev–Trinajstić information content (AvgIpc) is 2.14. The number of nitrogens with zero attached hydrogens (tertiary/aromatic N) is 1. The molecule has 5 heteroatoms. The van der Waals surface area contributed by atoms with E-state index in [1.54, 1.807) is 0 Å². The van der Waals surface area contributed by atoms with Gasteiger partial charge in [0.25, 0.3) is 0 Å². The molecule has 0 spiro atoms. The highest BCUT2D eigenvalue weighted by Crippen LogP contribution is 2.11. The lowest BCUT2D eigenvalue weighted by Gasteiger charge is -1.94. The largest absolute Gasteiger partial charge is 0.476 e. The molecule has 0 saturated carbocycles. The molecule has 0 aromatic carbocycles. The van der Waals surface area contributed by atoms with Crippen LogP contribution in [0.5, 0.6) is 0 Å². The van der Waals surface area contributed by atoms with Crippen molar-refractivity contribution in [2.24, 2.45) is 0 Å². The van der Waals surface area contributed by atoms with Gasteiger partial charge in [0.05, 0.1) is 0 Å². The van der Waals surface area contributed by atoms with Crippen LogP contribution in [0.15, 0.2) is 12.1 Å². The smallest absolute Gasteiger partial charge is 0.356 e. The minimum Gasteiger partial charge on any atom is -0.476 e. The van der Waals surface area contributed by atoms with Gasteiger partial charge in [0, 0.05) is 0 Å². The number of hydrogen-bond acceptors (Lipinski definition) is 2. The van der Waals surface area contributed by atoms with E-state index in [0.29, 0.717) is 4.73 Å². The molecule has 0 fully saturated rings. The molecule has 1 aromatic rings. The molecule has 0 aliphatic carbocycles. The zero-order valence-electron chi connectivity index (χ0n) is 4.78. The summed E-state index contributed by atoms with van der Waals surface area (Å²) in [5.74, 6) is -1.21. The molecule has 0 unspecified atom stereocenters. The molecule has 1 rings (SSSR count). The Bertz CT molecular complexity index is 268. The predicted molar refractivity (Wildman–Crippen MR) is 33.6 cm³/mol. The molecule has 0 radical (unpaired) electrons. The third-order valence-electron chi connectivity index (χ3n) is 1.03. The maximum atomic E-state index is 10.2. The Labute approximate surface area is 61.2 Å². The first-order valence-electron chi connectivity index (χ1n) is 2.42. The summed E-state index contributed by atoms with van der Waals surface area (Å²) in [4.78, 5) is 10.2. The molecule has 1 aromatic heterocycles. The normalized spacial score (nSPS) is 9.70. The van der Waals surface area contributed by atoms with Gasteiger partial charge in [0.2, 0.25) is 0 Å². The SMILES string of the molecule is O=C(O)c1ccc(Cl)n1O. The number of rotatable bonds is 1. The summed E-state index contributed by atoms with van der Waals surface area (Å²) >= 11 is 5.32. The van der Waals surface area contributed by atoms with Gasteiger partial charge in [0.1, 0.15) is 5.15 Å². The van der Waals surface area contributed by atoms with Crippen molar-refractivity contribution in [3.8, 4) is 0 Å². The van der Waals surface area contributed by atoms with Crippen molar-refractivity contribution < 1.29 is 15.1 Å². The molecule has 1 heterocycles. The fraction of sp³-hybridized carbons (Fsp3) is 0. The quantitative estimate of drug-likeness (QED) is 0.606. The van der Waals surface area contributed by atoms with Gasteiger partial charge in [-0.2, -0.15) is 4.73 Å². The van der Waals surface area contributed by atoms with Crippen molar-refractivity contribution in [3.63, 3.8) is 0 Å². The summed E-state index contributed by atoms with van der Waals surface area (Å²) in [5.41, 5.74) is -0.245. The lowest BCUT2D eigenvalue weighted by atomic mass is 10.4. The molecule has 54 valence electrons. The summed E-state index contributed by atoms with van der Waals surface area (Å²) in [6.07, 6.45) is 0. The second kappa shape index (κ2) is 2.22. The van der Waals surface area contributed by atoms with Gasteiger partial charge in [-0.1, -0.05) is 11.6 Å². The Balaban J connectivity index is 3.17. The average molecular weight is 162 g/mol. The third kappa shape index (κ3) is 0.930. The van der Waals surface area contributed by atoms with Crippen LogP contribution in [0, 0.1) is 0 Å². The number of carboxylic acid groups (broad SMARTS) is 1. The summed E-state index contributed by atoms with van der Waals surface area (Å²) in [7, 11) is 0. The van der Waals surface area contributed by atoms with Crippen molar-refractivity contribution in [1.82, 2.24) is 4.73 Å². The van der Waals surface area contributed by atoms with Crippen LogP contribution < -0.4 is 0 Å². The van der Waals surface area contributed by atoms with Crippen LogP contribution in [-0.2, 0) is 0 Å². The maximum absolute atomic E-state index is 10.2. The van der Waals surface area contributed by atoms with Gasteiger partial charge < -0.3 is 10.3 Å². The van der Waals surface area contributed by atoms with Gasteiger partial charge in [-0.15, -0.1) is 0 Å². The molecular formula is C5H4ClNO3. The lowest BCUT2D eigenvalue weighted by molar-refractivity contribution is 0.0645. The van der Waals surface area contributed by atoms with Gasteiger partial charge >= 0.3 is 5.97 Å². The molecular weight excluding hydrogens is 158 g/mol. The molecule has 10 heavy (non-hydrogen) atoms. The van der Waals surface area contributed by atoms with Crippen LogP contribution in [0.25, 0.3) is 0 Å². The van der Waals surface area contributed by atoms with Crippen LogP contribution in [0.4, 0.5) is 0 Å². The molecule has 0 amide bonds. The maximum Gasteiger partial charge on any atom is 0.356 e. The first-order chi connectivity index (χ1) is 4.63. The lowest BCUT2D eigenvalue weighted by Crippen LogP contribution is -2.04. The second-order valence-corrected chi connectivity index (χ2v) is 2.05. The fourth-order valence-electron chi connectivity index (χ4n) is 0.566. The van der Waals surface area contributed by atoms with Crippen LogP contribution in [0.2, 0.25) is 5.15 Å². The Morgan fingerprint density at radius 1 is 1.60 bits per heavy atom. The zero-order chi connectivity index (χ0) is 7.72. The second-order valence-electron chi connectivity index (χ2n) is 1.66. The summed E-state index contributed by atoms with van der Waals surface area (Å²) in [6.45, 7) is 0.